The van der Waals surface area contributed by atoms with E-state index in [0.717, 1.165) is 22.0 Å². The molecule has 0 spiro atoms. The van der Waals surface area contributed by atoms with Crippen LogP contribution in [0.25, 0.3) is 11.0 Å². The van der Waals surface area contributed by atoms with E-state index in [1.54, 1.807) is 18.5 Å². The fourth-order valence-electron chi connectivity index (χ4n) is 2.76. The van der Waals surface area contributed by atoms with E-state index in [-0.39, 0.29) is 23.4 Å². The Morgan fingerprint density at radius 1 is 1.30 bits per heavy atom. The lowest BCUT2D eigenvalue weighted by Crippen LogP contribution is -2.18. The molecule has 0 unspecified atom stereocenters. The lowest BCUT2D eigenvalue weighted by atomic mass is 10.0. The van der Waals surface area contributed by atoms with Crippen molar-refractivity contribution < 1.29 is 17.2 Å². The first-order valence-corrected chi connectivity index (χ1v) is 10.8. The van der Waals surface area contributed by atoms with Gasteiger partial charge in [0.1, 0.15) is 11.5 Å². The van der Waals surface area contributed by atoms with Gasteiger partial charge in [-0.25, -0.2) is 22.2 Å². The number of hydrogen-bond acceptors (Lipinski definition) is 3. The molecule has 9 heteroatoms. The van der Waals surface area contributed by atoms with Crippen molar-refractivity contribution in [3.63, 3.8) is 0 Å². The van der Waals surface area contributed by atoms with E-state index in [0.29, 0.717) is 24.1 Å². The van der Waals surface area contributed by atoms with Crippen molar-refractivity contribution in [2.24, 2.45) is 0 Å². The molecule has 0 bridgehead atoms. The Hall–Kier alpha value is -2.00. The van der Waals surface area contributed by atoms with Gasteiger partial charge in [0.25, 0.3) is 0 Å². The van der Waals surface area contributed by atoms with E-state index >= 15 is 0 Å². The van der Waals surface area contributed by atoms with Crippen LogP contribution in [-0.4, -0.2) is 24.1 Å². The summed E-state index contributed by atoms with van der Waals surface area (Å²) in [7, 11) is -3.69. The summed E-state index contributed by atoms with van der Waals surface area (Å²) in [5.41, 5.74) is 0.807. The molecule has 0 aliphatic carbocycles. The number of hydrogen-bond donors (Lipinski definition) is 2. The second-order valence-electron chi connectivity index (χ2n) is 6.20. The number of rotatable bonds is 7. The van der Waals surface area contributed by atoms with Gasteiger partial charge in [0, 0.05) is 34.2 Å². The maximum absolute atomic E-state index is 14.9. The fraction of sp³-hybridized carbons (Fsp3) is 0.278. The quantitative estimate of drug-likeness (QED) is 0.538. The summed E-state index contributed by atoms with van der Waals surface area (Å²) in [4.78, 5) is 7.16. The molecule has 5 nitrogen and oxygen atoms in total. The minimum Gasteiger partial charge on any atom is -0.346 e. The Labute approximate surface area is 164 Å². The average molecular weight is 458 g/mol. The number of benzene rings is 1. The first-order valence-electron chi connectivity index (χ1n) is 8.39. The van der Waals surface area contributed by atoms with Gasteiger partial charge in [-0.3, -0.25) is 4.72 Å². The predicted molar refractivity (Wildman–Crippen MR) is 105 cm³/mol. The largest absolute Gasteiger partial charge is 0.346 e. The first kappa shape index (κ1) is 19.8. The molecule has 0 amide bonds. The van der Waals surface area contributed by atoms with Crippen LogP contribution < -0.4 is 4.72 Å². The molecule has 3 rings (SSSR count). The number of aromatic nitrogens is 2. The van der Waals surface area contributed by atoms with Crippen LogP contribution in [0.1, 0.15) is 30.9 Å². The van der Waals surface area contributed by atoms with E-state index in [1.165, 1.54) is 0 Å². The van der Waals surface area contributed by atoms with Gasteiger partial charge in [-0.05, 0) is 46.1 Å². The van der Waals surface area contributed by atoms with Gasteiger partial charge < -0.3 is 4.98 Å². The van der Waals surface area contributed by atoms with Gasteiger partial charge in [0.2, 0.25) is 10.0 Å². The van der Waals surface area contributed by atoms with Crippen molar-refractivity contribution in [1.29, 1.82) is 0 Å². The molecule has 144 valence electrons. The van der Waals surface area contributed by atoms with Crippen LogP contribution in [0, 0.1) is 11.6 Å². The van der Waals surface area contributed by atoms with E-state index in [1.807, 2.05) is 6.92 Å². The third-order valence-electron chi connectivity index (χ3n) is 4.17. The minimum atomic E-state index is -3.69. The molecule has 0 fully saturated rings. The van der Waals surface area contributed by atoms with Crippen molar-refractivity contribution >= 4 is 42.7 Å². The monoisotopic (exact) mass is 457 g/mol. The second-order valence-corrected chi connectivity index (χ2v) is 8.96. The number of unbranched alkanes of at least 4 members (excludes halogenated alkanes) is 1. The minimum absolute atomic E-state index is 0.0413. The summed E-state index contributed by atoms with van der Waals surface area (Å²) in [6, 6.07) is 3.98. The Bertz CT molecular complexity index is 1080. The summed E-state index contributed by atoms with van der Waals surface area (Å²) in [5.74, 6) is -1.76. The number of fused-ring (bicyclic) bond motifs is 1. The van der Waals surface area contributed by atoms with Crippen LogP contribution in [0.5, 0.6) is 0 Å². The number of anilines is 1. The molecule has 2 N–H and O–H groups in total. The van der Waals surface area contributed by atoms with Crippen molar-refractivity contribution in [2.45, 2.75) is 26.2 Å². The highest BCUT2D eigenvalue weighted by atomic mass is 79.9. The van der Waals surface area contributed by atoms with E-state index < -0.39 is 21.7 Å². The van der Waals surface area contributed by atoms with Crippen molar-refractivity contribution in [1.82, 2.24) is 9.97 Å². The third kappa shape index (κ3) is 4.47. The number of nitrogens with one attached hydrogen (secondary N) is 2. The maximum Gasteiger partial charge on any atom is 0.232 e. The van der Waals surface area contributed by atoms with Crippen LogP contribution in [-0.2, 0) is 16.4 Å². The highest BCUT2D eigenvalue weighted by molar-refractivity contribution is 9.10. The molecule has 1 aromatic carbocycles. The standard InChI is InChI=1S/C18H18BrF2N3O2S/c1-2-3-6-27(25,26)24-16-5-4-15(20)14(17(16)21)7-11-9-22-18-13(11)8-12(19)10-23-18/h4-5,8-10,24H,2-3,6-7H2,1H3,(H,22,23). The van der Waals surface area contributed by atoms with Crippen LogP contribution >= 0.6 is 15.9 Å². The van der Waals surface area contributed by atoms with Crippen LogP contribution in [0.3, 0.4) is 0 Å². The zero-order chi connectivity index (χ0) is 19.6. The maximum atomic E-state index is 14.9. The van der Waals surface area contributed by atoms with Gasteiger partial charge in [-0.1, -0.05) is 13.3 Å². The normalized spacial score (nSPS) is 11.9. The molecule has 0 atom stereocenters. The summed E-state index contributed by atoms with van der Waals surface area (Å²) in [6.07, 6.45) is 4.38. The molecular formula is C18H18BrF2N3O2S. The Balaban J connectivity index is 1.95. The Morgan fingerprint density at radius 3 is 2.81 bits per heavy atom. The lowest BCUT2D eigenvalue weighted by Gasteiger charge is -2.12. The van der Waals surface area contributed by atoms with Crippen LogP contribution in [0.15, 0.2) is 35.1 Å². The molecule has 0 saturated carbocycles. The third-order valence-corrected chi connectivity index (χ3v) is 5.96. The van der Waals surface area contributed by atoms with Gasteiger partial charge in [-0.15, -0.1) is 0 Å². The summed E-state index contributed by atoms with van der Waals surface area (Å²) >= 11 is 3.33. The lowest BCUT2D eigenvalue weighted by molar-refractivity contribution is 0.563. The Morgan fingerprint density at radius 2 is 2.07 bits per heavy atom. The van der Waals surface area contributed by atoms with Gasteiger partial charge in [-0.2, -0.15) is 0 Å². The van der Waals surface area contributed by atoms with E-state index in [9.17, 15) is 17.2 Å². The topological polar surface area (TPSA) is 74.8 Å². The number of aromatic amines is 1. The van der Waals surface area contributed by atoms with E-state index in [2.05, 4.69) is 30.6 Å². The zero-order valence-corrected chi connectivity index (χ0v) is 16.9. The molecule has 27 heavy (non-hydrogen) atoms. The van der Waals surface area contributed by atoms with Crippen molar-refractivity contribution in [2.75, 3.05) is 10.5 Å². The first-order chi connectivity index (χ1) is 12.8. The number of sulfonamides is 1. The highest BCUT2D eigenvalue weighted by Crippen LogP contribution is 2.28. The fourth-order valence-corrected chi connectivity index (χ4v) is 4.36. The van der Waals surface area contributed by atoms with Gasteiger partial charge in [0.15, 0.2) is 5.82 Å². The molecule has 2 aromatic heterocycles. The predicted octanol–water partition coefficient (Wildman–Crippen LogP) is 4.74. The molecule has 0 radical (unpaired) electrons. The van der Waals surface area contributed by atoms with Gasteiger partial charge in [0.05, 0.1) is 11.4 Å². The highest BCUT2D eigenvalue weighted by Gasteiger charge is 2.19. The average Bonchev–Trinajstić information content (AvgIpc) is 3.01. The molecule has 3 aromatic rings. The zero-order valence-electron chi connectivity index (χ0n) is 14.5. The Kier molecular flexibility index (Phi) is 5.81. The number of pyridine rings is 1. The summed E-state index contributed by atoms with van der Waals surface area (Å²) < 4.78 is 56.2. The SMILES string of the molecule is CCCCS(=O)(=O)Nc1ccc(F)c(Cc2c[nH]c3ncc(Br)cc23)c1F. The van der Waals surface area contributed by atoms with E-state index in [4.69, 9.17) is 0 Å². The molecule has 2 heterocycles. The molecular weight excluding hydrogens is 440 g/mol. The van der Waals surface area contributed by atoms with Crippen LogP contribution in [0.2, 0.25) is 0 Å². The second kappa shape index (κ2) is 7.93. The molecule has 0 saturated heterocycles. The number of halogens is 3. The number of H-pyrrole nitrogens is 1. The molecule has 0 aliphatic heterocycles. The smallest absolute Gasteiger partial charge is 0.232 e. The number of nitrogens with zero attached hydrogens (tertiary/aromatic N) is 1. The van der Waals surface area contributed by atoms with Crippen molar-refractivity contribution in [3.05, 3.63) is 57.8 Å². The van der Waals surface area contributed by atoms with Crippen molar-refractivity contribution in [3.8, 4) is 0 Å². The molecule has 0 aliphatic rings. The summed E-state index contributed by atoms with van der Waals surface area (Å²) in [5, 5.41) is 0.733. The summed E-state index contributed by atoms with van der Waals surface area (Å²) in [6.45, 7) is 1.86. The van der Waals surface area contributed by atoms with Crippen LogP contribution in [0.4, 0.5) is 14.5 Å². The van der Waals surface area contributed by atoms with Gasteiger partial charge >= 0.3 is 0 Å².